The Morgan fingerprint density at radius 3 is 3.12 bits per heavy atom. The Hall–Kier alpha value is -0.450. The van der Waals surface area contributed by atoms with Crippen molar-refractivity contribution in [2.45, 2.75) is 51.3 Å². The lowest BCUT2D eigenvalue weighted by atomic mass is 9.93. The third-order valence-electron chi connectivity index (χ3n) is 3.19. The lowest BCUT2D eigenvalue weighted by molar-refractivity contribution is 0.0586. The van der Waals surface area contributed by atoms with Crippen LogP contribution in [0.25, 0.3) is 0 Å². The van der Waals surface area contributed by atoms with Gasteiger partial charge in [0, 0.05) is 30.8 Å². The number of nitrogens with one attached hydrogen (secondary N) is 1. The van der Waals surface area contributed by atoms with Crippen LogP contribution >= 0.6 is 11.3 Å². The molecule has 1 fully saturated rings. The molecule has 0 spiro atoms. The van der Waals surface area contributed by atoms with Crippen molar-refractivity contribution < 1.29 is 4.74 Å². The lowest BCUT2D eigenvalue weighted by Gasteiger charge is -2.28. The first-order valence-electron chi connectivity index (χ1n) is 5.95. The average Bonchev–Trinajstić information content (AvgIpc) is 2.73. The Bertz CT molecular complexity index is 327. The van der Waals surface area contributed by atoms with Gasteiger partial charge in [0.1, 0.15) is 0 Å². The number of thiazole rings is 1. The van der Waals surface area contributed by atoms with Crippen LogP contribution in [0.1, 0.15) is 35.6 Å². The van der Waals surface area contributed by atoms with Gasteiger partial charge < -0.3 is 10.1 Å². The maximum Gasteiger partial charge on any atom is 0.0897 e. The van der Waals surface area contributed by atoms with Crippen molar-refractivity contribution in [3.05, 3.63) is 16.1 Å². The molecule has 1 heterocycles. The fourth-order valence-electron chi connectivity index (χ4n) is 2.28. The fraction of sp³-hybridized carbons (Fsp3) is 0.750. The van der Waals surface area contributed by atoms with Gasteiger partial charge >= 0.3 is 0 Å². The lowest BCUT2D eigenvalue weighted by Crippen LogP contribution is -2.36. The van der Waals surface area contributed by atoms with Crippen LogP contribution in [-0.4, -0.2) is 24.2 Å². The summed E-state index contributed by atoms with van der Waals surface area (Å²) in [5, 5.41) is 4.75. The first-order chi connectivity index (χ1) is 7.78. The molecule has 90 valence electrons. The number of aryl methyl sites for hydroxylation is 1. The van der Waals surface area contributed by atoms with Crippen LogP contribution in [0.4, 0.5) is 0 Å². The third kappa shape index (κ3) is 3.27. The number of aromatic nitrogens is 1. The zero-order valence-corrected chi connectivity index (χ0v) is 10.8. The van der Waals surface area contributed by atoms with Crippen LogP contribution in [0.2, 0.25) is 0 Å². The molecule has 0 amide bonds. The molecule has 0 aromatic carbocycles. The zero-order chi connectivity index (χ0) is 11.4. The SMILES string of the molecule is COC1CCCC(NCc2cnc(C)s2)C1. The molecule has 4 heteroatoms. The maximum absolute atomic E-state index is 5.43. The predicted molar refractivity (Wildman–Crippen MR) is 66.7 cm³/mol. The smallest absolute Gasteiger partial charge is 0.0897 e. The van der Waals surface area contributed by atoms with Crippen molar-refractivity contribution in [1.82, 2.24) is 10.3 Å². The normalized spacial score (nSPS) is 25.9. The number of nitrogens with zero attached hydrogens (tertiary/aromatic N) is 1. The summed E-state index contributed by atoms with van der Waals surface area (Å²) < 4.78 is 5.43. The van der Waals surface area contributed by atoms with Crippen molar-refractivity contribution in [3.63, 3.8) is 0 Å². The van der Waals surface area contributed by atoms with Crippen molar-refractivity contribution in [2.75, 3.05) is 7.11 Å². The van der Waals surface area contributed by atoms with Gasteiger partial charge in [-0.2, -0.15) is 0 Å². The van der Waals surface area contributed by atoms with Crippen molar-refractivity contribution in [2.24, 2.45) is 0 Å². The summed E-state index contributed by atoms with van der Waals surface area (Å²) >= 11 is 1.78. The molecule has 2 rings (SSSR count). The number of methoxy groups -OCH3 is 1. The Labute approximate surface area is 101 Å². The van der Waals surface area contributed by atoms with Gasteiger partial charge in [-0.25, -0.2) is 4.98 Å². The Morgan fingerprint density at radius 1 is 1.56 bits per heavy atom. The van der Waals surface area contributed by atoms with Gasteiger partial charge in [0.15, 0.2) is 0 Å². The summed E-state index contributed by atoms with van der Waals surface area (Å²) in [6.07, 6.45) is 7.34. The van der Waals surface area contributed by atoms with E-state index in [0.717, 1.165) is 18.0 Å². The summed E-state index contributed by atoms with van der Waals surface area (Å²) in [4.78, 5) is 5.60. The molecular formula is C12H20N2OS. The van der Waals surface area contributed by atoms with Gasteiger partial charge in [-0.3, -0.25) is 0 Å². The quantitative estimate of drug-likeness (QED) is 0.878. The number of hydrogen-bond acceptors (Lipinski definition) is 4. The van der Waals surface area contributed by atoms with Gasteiger partial charge in [0.05, 0.1) is 11.1 Å². The molecule has 2 atom stereocenters. The molecule has 0 radical (unpaired) electrons. The molecule has 1 N–H and O–H groups in total. The molecule has 0 bridgehead atoms. The second-order valence-corrected chi connectivity index (χ2v) is 5.77. The minimum Gasteiger partial charge on any atom is -0.381 e. The van der Waals surface area contributed by atoms with Crippen LogP contribution in [-0.2, 0) is 11.3 Å². The van der Waals surface area contributed by atoms with Crippen LogP contribution in [0, 0.1) is 6.92 Å². The highest BCUT2D eigenvalue weighted by atomic mass is 32.1. The van der Waals surface area contributed by atoms with Crippen LogP contribution in [0.3, 0.4) is 0 Å². The maximum atomic E-state index is 5.43. The summed E-state index contributed by atoms with van der Waals surface area (Å²) in [5.74, 6) is 0. The minimum absolute atomic E-state index is 0.453. The highest BCUT2D eigenvalue weighted by Gasteiger charge is 2.21. The minimum atomic E-state index is 0.453. The van der Waals surface area contributed by atoms with Crippen molar-refractivity contribution in [3.8, 4) is 0 Å². The van der Waals surface area contributed by atoms with Crippen molar-refractivity contribution >= 4 is 11.3 Å². The Morgan fingerprint density at radius 2 is 2.44 bits per heavy atom. The molecule has 3 nitrogen and oxygen atoms in total. The second kappa shape index (κ2) is 5.75. The largest absolute Gasteiger partial charge is 0.381 e. The molecule has 0 saturated heterocycles. The average molecular weight is 240 g/mol. The fourth-order valence-corrected chi connectivity index (χ4v) is 3.02. The summed E-state index contributed by atoms with van der Waals surface area (Å²) in [6.45, 7) is 3.00. The highest BCUT2D eigenvalue weighted by molar-refractivity contribution is 7.11. The number of hydrogen-bond donors (Lipinski definition) is 1. The van der Waals surface area contributed by atoms with Crippen LogP contribution in [0.5, 0.6) is 0 Å². The predicted octanol–water partition coefficient (Wildman–Crippen LogP) is 2.50. The summed E-state index contributed by atoms with van der Waals surface area (Å²) in [6, 6.07) is 0.612. The van der Waals surface area contributed by atoms with E-state index in [2.05, 4.69) is 17.2 Å². The molecule has 16 heavy (non-hydrogen) atoms. The van der Waals surface area contributed by atoms with E-state index in [-0.39, 0.29) is 0 Å². The molecule has 1 aliphatic carbocycles. The van der Waals surface area contributed by atoms with Gasteiger partial charge in [-0.15, -0.1) is 11.3 Å². The molecule has 1 saturated carbocycles. The zero-order valence-electron chi connectivity index (χ0n) is 10.0. The molecule has 1 aliphatic rings. The van der Waals surface area contributed by atoms with Gasteiger partial charge in [0.2, 0.25) is 0 Å². The molecule has 0 aliphatic heterocycles. The van der Waals surface area contributed by atoms with E-state index in [0.29, 0.717) is 12.1 Å². The molecule has 1 aromatic heterocycles. The van der Waals surface area contributed by atoms with E-state index in [1.807, 2.05) is 13.3 Å². The van der Waals surface area contributed by atoms with E-state index >= 15 is 0 Å². The Kier molecular flexibility index (Phi) is 4.32. The van der Waals surface area contributed by atoms with Gasteiger partial charge in [-0.05, 0) is 32.6 Å². The molecule has 1 aromatic rings. The van der Waals surface area contributed by atoms with Gasteiger partial charge in [0.25, 0.3) is 0 Å². The number of rotatable bonds is 4. The van der Waals surface area contributed by atoms with Crippen LogP contribution in [0.15, 0.2) is 6.20 Å². The first kappa shape index (κ1) is 12.0. The van der Waals surface area contributed by atoms with Crippen molar-refractivity contribution in [1.29, 1.82) is 0 Å². The topological polar surface area (TPSA) is 34.1 Å². The van der Waals surface area contributed by atoms with E-state index in [9.17, 15) is 0 Å². The summed E-state index contributed by atoms with van der Waals surface area (Å²) in [5.41, 5.74) is 0. The van der Waals surface area contributed by atoms with E-state index in [1.165, 1.54) is 24.1 Å². The second-order valence-electron chi connectivity index (χ2n) is 4.45. The summed E-state index contributed by atoms with van der Waals surface area (Å²) in [7, 11) is 1.82. The number of ether oxygens (including phenoxy) is 1. The molecular weight excluding hydrogens is 220 g/mol. The van der Waals surface area contributed by atoms with E-state index in [1.54, 1.807) is 11.3 Å². The van der Waals surface area contributed by atoms with E-state index in [4.69, 9.17) is 4.74 Å². The third-order valence-corrected chi connectivity index (χ3v) is 4.11. The molecule has 2 unspecified atom stereocenters. The van der Waals surface area contributed by atoms with E-state index < -0.39 is 0 Å². The Balaban J connectivity index is 1.77. The highest BCUT2D eigenvalue weighted by Crippen LogP contribution is 2.21. The van der Waals surface area contributed by atoms with Gasteiger partial charge in [-0.1, -0.05) is 0 Å². The standard InChI is InChI=1S/C12H20N2OS/c1-9-13-7-12(16-9)8-14-10-4-3-5-11(6-10)15-2/h7,10-11,14H,3-6,8H2,1-2H3. The monoisotopic (exact) mass is 240 g/mol. The first-order valence-corrected chi connectivity index (χ1v) is 6.77. The van der Waals surface area contributed by atoms with Crippen LogP contribution < -0.4 is 5.32 Å².